The lowest BCUT2D eigenvalue weighted by Crippen LogP contribution is -2.40. The molecule has 0 heterocycles. The van der Waals surface area contributed by atoms with Gasteiger partial charge in [-0.3, -0.25) is 4.79 Å². The second-order valence-corrected chi connectivity index (χ2v) is 9.21. The molecule has 0 aliphatic heterocycles. The Morgan fingerprint density at radius 1 is 1.03 bits per heavy atom. The molecule has 6 heteroatoms. The summed E-state index contributed by atoms with van der Waals surface area (Å²) in [5, 5.41) is 3.58. The van der Waals surface area contributed by atoms with Crippen molar-refractivity contribution in [2.75, 3.05) is 7.11 Å². The van der Waals surface area contributed by atoms with Gasteiger partial charge in [-0.15, -0.1) is 0 Å². The second kappa shape index (κ2) is 10.7. The third-order valence-electron chi connectivity index (χ3n) is 5.04. The predicted octanol–water partition coefficient (Wildman–Crippen LogP) is 6.21. The molecule has 0 atom stereocenters. The molecule has 168 valence electrons. The van der Waals surface area contributed by atoms with Crippen LogP contribution in [0.4, 0.5) is 4.39 Å². The molecule has 0 unspecified atom stereocenters. The van der Waals surface area contributed by atoms with Gasteiger partial charge >= 0.3 is 5.97 Å². The minimum atomic E-state index is -0.293. The van der Waals surface area contributed by atoms with Crippen molar-refractivity contribution >= 4 is 21.9 Å². The van der Waals surface area contributed by atoms with Crippen molar-refractivity contribution in [1.82, 2.24) is 5.32 Å². The lowest BCUT2D eigenvalue weighted by molar-refractivity contribution is -0.139. The molecule has 0 fully saturated rings. The van der Waals surface area contributed by atoms with Crippen molar-refractivity contribution in [1.29, 1.82) is 0 Å². The van der Waals surface area contributed by atoms with Crippen LogP contribution < -0.4 is 10.1 Å². The van der Waals surface area contributed by atoms with Crippen LogP contribution in [-0.2, 0) is 28.9 Å². The van der Waals surface area contributed by atoms with Crippen LogP contribution in [0.15, 0.2) is 71.2 Å². The maximum Gasteiger partial charge on any atom is 0.309 e. The zero-order valence-corrected chi connectivity index (χ0v) is 20.0. The smallest absolute Gasteiger partial charge is 0.309 e. The molecule has 4 nitrogen and oxygen atoms in total. The quantitative estimate of drug-likeness (QED) is 0.355. The number of hydrogen-bond donors (Lipinski definition) is 1. The first-order chi connectivity index (χ1) is 15.2. The highest BCUT2D eigenvalue weighted by molar-refractivity contribution is 9.10. The van der Waals surface area contributed by atoms with Crippen LogP contribution in [0.3, 0.4) is 0 Å². The van der Waals surface area contributed by atoms with Gasteiger partial charge in [0.25, 0.3) is 0 Å². The van der Waals surface area contributed by atoms with Gasteiger partial charge < -0.3 is 14.8 Å². The maximum atomic E-state index is 13.2. The van der Waals surface area contributed by atoms with Gasteiger partial charge in [0, 0.05) is 22.1 Å². The SMILES string of the molecule is COC(=O)Cc1cccc(Oc2ccc(Br)cc2CNC(C)(C)Cc2ccc(F)cc2)c1. The van der Waals surface area contributed by atoms with E-state index in [-0.39, 0.29) is 23.7 Å². The minimum Gasteiger partial charge on any atom is -0.469 e. The number of benzene rings is 3. The standard InChI is InChI=1S/C26H27BrFNO3/c1-26(2,16-18-7-10-22(28)11-8-18)29-17-20-15-21(27)9-12-24(20)32-23-6-4-5-19(13-23)14-25(30)31-3/h4-13,15,29H,14,16-17H2,1-3H3. The van der Waals surface area contributed by atoms with E-state index in [4.69, 9.17) is 9.47 Å². The van der Waals surface area contributed by atoms with Crippen molar-refractivity contribution in [3.63, 3.8) is 0 Å². The van der Waals surface area contributed by atoms with E-state index in [2.05, 4.69) is 35.1 Å². The van der Waals surface area contributed by atoms with Gasteiger partial charge in [0.1, 0.15) is 17.3 Å². The molecule has 0 amide bonds. The van der Waals surface area contributed by atoms with Crippen LogP contribution in [0.2, 0.25) is 0 Å². The Hall–Kier alpha value is -2.70. The summed E-state index contributed by atoms with van der Waals surface area (Å²) in [6.45, 7) is 4.82. The van der Waals surface area contributed by atoms with Crippen molar-refractivity contribution in [3.8, 4) is 11.5 Å². The molecule has 0 radical (unpaired) electrons. The highest BCUT2D eigenvalue weighted by atomic mass is 79.9. The second-order valence-electron chi connectivity index (χ2n) is 8.30. The fraction of sp³-hybridized carbons (Fsp3) is 0.269. The number of methoxy groups -OCH3 is 1. The van der Waals surface area contributed by atoms with Crippen LogP contribution >= 0.6 is 15.9 Å². The predicted molar refractivity (Wildman–Crippen MR) is 127 cm³/mol. The number of esters is 1. The lowest BCUT2D eigenvalue weighted by Gasteiger charge is -2.27. The third-order valence-corrected chi connectivity index (χ3v) is 5.53. The van der Waals surface area contributed by atoms with Crippen LogP contribution in [0.5, 0.6) is 11.5 Å². The fourth-order valence-corrected chi connectivity index (χ4v) is 3.79. The van der Waals surface area contributed by atoms with Gasteiger partial charge in [-0.1, -0.05) is 40.2 Å². The zero-order valence-electron chi connectivity index (χ0n) is 18.5. The molecular weight excluding hydrogens is 473 g/mol. The molecule has 0 aliphatic carbocycles. The molecule has 3 rings (SSSR count). The zero-order chi connectivity index (χ0) is 23.1. The highest BCUT2D eigenvalue weighted by Crippen LogP contribution is 2.29. The maximum absolute atomic E-state index is 13.2. The average molecular weight is 500 g/mol. The van der Waals surface area contributed by atoms with E-state index in [1.807, 2.05) is 54.6 Å². The summed E-state index contributed by atoms with van der Waals surface area (Å²) in [6.07, 6.45) is 0.951. The Balaban J connectivity index is 1.71. The Morgan fingerprint density at radius 3 is 2.50 bits per heavy atom. The highest BCUT2D eigenvalue weighted by Gasteiger charge is 2.19. The molecule has 0 aromatic heterocycles. The number of carbonyl (C=O) groups excluding carboxylic acids is 1. The number of carbonyl (C=O) groups is 1. The summed E-state index contributed by atoms with van der Waals surface area (Å²) >= 11 is 3.54. The number of rotatable bonds is 9. The topological polar surface area (TPSA) is 47.6 Å². The summed E-state index contributed by atoms with van der Waals surface area (Å²) in [5.74, 6) is 0.860. The van der Waals surface area contributed by atoms with Gasteiger partial charge in [-0.25, -0.2) is 4.39 Å². The molecule has 0 bridgehead atoms. The van der Waals surface area contributed by atoms with Crippen molar-refractivity contribution in [2.45, 2.75) is 38.8 Å². The van der Waals surface area contributed by atoms with E-state index in [1.54, 1.807) is 0 Å². The minimum absolute atomic E-state index is 0.194. The largest absolute Gasteiger partial charge is 0.469 e. The summed E-state index contributed by atoms with van der Waals surface area (Å²) in [4.78, 5) is 11.6. The van der Waals surface area contributed by atoms with Crippen LogP contribution in [0.25, 0.3) is 0 Å². The molecule has 0 saturated heterocycles. The van der Waals surface area contributed by atoms with Crippen molar-refractivity contribution in [2.24, 2.45) is 0 Å². The first kappa shape index (κ1) is 24.0. The van der Waals surface area contributed by atoms with Crippen molar-refractivity contribution in [3.05, 3.63) is 93.7 Å². The summed E-state index contributed by atoms with van der Waals surface area (Å²) < 4.78 is 25.1. The van der Waals surface area contributed by atoms with E-state index in [1.165, 1.54) is 19.2 Å². The molecule has 0 spiro atoms. The first-order valence-corrected chi connectivity index (χ1v) is 11.1. The molecular formula is C26H27BrFNO3. The Labute approximate surface area is 196 Å². The Morgan fingerprint density at radius 2 is 1.78 bits per heavy atom. The normalized spacial score (nSPS) is 11.3. The molecule has 32 heavy (non-hydrogen) atoms. The molecule has 1 N–H and O–H groups in total. The Bertz CT molecular complexity index is 1070. The van der Waals surface area contributed by atoms with Gasteiger partial charge in [-0.05, 0) is 73.9 Å². The summed E-state index contributed by atoms with van der Waals surface area (Å²) in [7, 11) is 1.38. The van der Waals surface area contributed by atoms with E-state index in [0.717, 1.165) is 33.3 Å². The number of nitrogens with one attached hydrogen (secondary N) is 1. The summed E-state index contributed by atoms with van der Waals surface area (Å²) in [6, 6.07) is 19.9. The van der Waals surface area contributed by atoms with E-state index >= 15 is 0 Å². The third kappa shape index (κ3) is 7.18. The van der Waals surface area contributed by atoms with E-state index in [0.29, 0.717) is 12.3 Å². The fourth-order valence-electron chi connectivity index (χ4n) is 3.38. The molecule has 0 saturated carbocycles. The van der Waals surface area contributed by atoms with Crippen LogP contribution in [-0.4, -0.2) is 18.6 Å². The van der Waals surface area contributed by atoms with Gasteiger partial charge in [0.05, 0.1) is 13.5 Å². The summed E-state index contributed by atoms with van der Waals surface area (Å²) in [5.41, 5.74) is 2.67. The monoisotopic (exact) mass is 499 g/mol. The first-order valence-electron chi connectivity index (χ1n) is 10.4. The molecule has 3 aromatic rings. The van der Waals surface area contributed by atoms with Crippen molar-refractivity contribution < 1.29 is 18.7 Å². The van der Waals surface area contributed by atoms with Crippen LogP contribution in [0, 0.1) is 5.82 Å². The molecule has 0 aliphatic rings. The lowest BCUT2D eigenvalue weighted by atomic mass is 9.94. The number of hydrogen-bond acceptors (Lipinski definition) is 4. The number of halogens is 2. The van der Waals surface area contributed by atoms with Gasteiger partial charge in [0.15, 0.2) is 0 Å². The molecule has 3 aromatic carbocycles. The number of ether oxygens (including phenoxy) is 2. The van der Waals surface area contributed by atoms with E-state index < -0.39 is 0 Å². The van der Waals surface area contributed by atoms with Crippen LogP contribution in [0.1, 0.15) is 30.5 Å². The Kier molecular flexibility index (Phi) is 8.04. The van der Waals surface area contributed by atoms with Gasteiger partial charge in [0.2, 0.25) is 0 Å². The van der Waals surface area contributed by atoms with Gasteiger partial charge in [-0.2, -0.15) is 0 Å². The van der Waals surface area contributed by atoms with E-state index in [9.17, 15) is 9.18 Å². The average Bonchev–Trinajstić information content (AvgIpc) is 2.75.